The van der Waals surface area contributed by atoms with E-state index in [9.17, 15) is 4.57 Å². The van der Waals surface area contributed by atoms with Crippen molar-refractivity contribution in [3.63, 3.8) is 0 Å². The predicted octanol–water partition coefficient (Wildman–Crippen LogP) is 1.29. The molecular weight excluding hydrogens is 299 g/mol. The molecule has 0 heterocycles. The molecule has 0 aromatic heterocycles. The summed E-state index contributed by atoms with van der Waals surface area (Å²) in [4.78, 5) is 16.4. The van der Waals surface area contributed by atoms with Crippen LogP contribution in [-0.4, -0.2) is 16.4 Å². The van der Waals surface area contributed by atoms with Crippen molar-refractivity contribution < 1.29 is 59.7 Å². The summed E-state index contributed by atoms with van der Waals surface area (Å²) in [6, 6.07) is 0. The fourth-order valence-electron chi connectivity index (χ4n) is 0.536. The van der Waals surface area contributed by atoms with Crippen LogP contribution in [0.1, 0.15) is 26.2 Å². The van der Waals surface area contributed by atoms with Crippen molar-refractivity contribution in [1.82, 2.24) is 0 Å². The minimum Gasteiger partial charge on any atom is -0.303 e. The van der Waals surface area contributed by atoms with Crippen LogP contribution >= 0.6 is 7.82 Å². The molecule has 0 radical (unpaired) electrons. The van der Waals surface area contributed by atoms with E-state index in [0.717, 1.165) is 12.8 Å². The van der Waals surface area contributed by atoms with Crippen LogP contribution in [0.5, 0.6) is 0 Å². The largest absolute Gasteiger partial charge is 0.469 e. The van der Waals surface area contributed by atoms with Crippen LogP contribution in [-0.2, 0) is 9.09 Å². The zero-order valence-electron chi connectivity index (χ0n) is 6.49. The molecule has 0 saturated heterocycles. The Hall–Kier alpha value is 1.46. The maximum atomic E-state index is 10.1. The van der Waals surface area contributed by atoms with Crippen molar-refractivity contribution in [2.24, 2.45) is 0 Å². The molecule has 0 amide bonds. The minimum absolute atomic E-state index is 0. The third-order valence-corrected chi connectivity index (χ3v) is 1.53. The van der Waals surface area contributed by atoms with Gasteiger partial charge in [0.15, 0.2) is 0 Å². The molecule has 2 N–H and O–H groups in total. The van der Waals surface area contributed by atoms with Gasteiger partial charge in [-0.15, -0.1) is 0 Å². The van der Waals surface area contributed by atoms with E-state index >= 15 is 0 Å². The topological polar surface area (TPSA) is 66.8 Å². The maximum Gasteiger partial charge on any atom is 0.469 e. The molecule has 4 nitrogen and oxygen atoms in total. The summed E-state index contributed by atoms with van der Waals surface area (Å²) >= 11 is 0. The number of hydrogen-bond donors (Lipinski definition) is 2. The van der Waals surface area contributed by atoms with Gasteiger partial charge in [-0.3, -0.25) is 4.52 Å². The van der Waals surface area contributed by atoms with E-state index in [1.807, 2.05) is 6.92 Å². The molecule has 6 heteroatoms. The Morgan fingerprint density at radius 1 is 1.36 bits per heavy atom. The van der Waals surface area contributed by atoms with Gasteiger partial charge in [-0.05, 0) is 6.42 Å². The van der Waals surface area contributed by atoms with Crippen LogP contribution in [0.3, 0.4) is 0 Å². The zero-order valence-corrected chi connectivity index (χ0v) is 10.6. The zero-order chi connectivity index (χ0) is 8.04. The molecule has 0 aromatic carbocycles. The molecule has 0 bridgehead atoms. The molecule has 0 unspecified atom stereocenters. The van der Waals surface area contributed by atoms with Crippen molar-refractivity contribution in [1.29, 1.82) is 0 Å². The quantitative estimate of drug-likeness (QED) is 0.593. The minimum atomic E-state index is -4.21. The second-order valence-electron chi connectivity index (χ2n) is 2.03. The van der Waals surface area contributed by atoms with Gasteiger partial charge < -0.3 is 9.79 Å². The second kappa shape index (κ2) is 8.08. The Balaban J connectivity index is 0. The van der Waals surface area contributed by atoms with Gasteiger partial charge in [-0.1, -0.05) is 19.8 Å². The first-order chi connectivity index (χ1) is 4.56. The average molecular weight is 312 g/mol. The standard InChI is InChI=1S/C5H13O4P.Nd/c1-2-3-4-5-9-10(6,7)8;/h2-5H2,1H3,(H2,6,7,8);. The van der Waals surface area contributed by atoms with Gasteiger partial charge in [0.2, 0.25) is 0 Å². The van der Waals surface area contributed by atoms with Gasteiger partial charge >= 0.3 is 7.82 Å². The van der Waals surface area contributed by atoms with Crippen LogP contribution in [0.4, 0.5) is 0 Å². The Morgan fingerprint density at radius 2 is 1.91 bits per heavy atom. The van der Waals surface area contributed by atoms with E-state index in [1.165, 1.54) is 0 Å². The van der Waals surface area contributed by atoms with E-state index in [4.69, 9.17) is 9.79 Å². The normalized spacial score (nSPS) is 10.8. The van der Waals surface area contributed by atoms with Crippen LogP contribution in [0.2, 0.25) is 0 Å². The number of hydrogen-bond acceptors (Lipinski definition) is 2. The summed E-state index contributed by atoms with van der Waals surface area (Å²) in [6.45, 7) is 2.16. The molecule has 0 fully saturated rings. The monoisotopic (exact) mass is 310 g/mol. The summed E-state index contributed by atoms with van der Waals surface area (Å²) in [5.41, 5.74) is 0. The van der Waals surface area contributed by atoms with E-state index < -0.39 is 7.82 Å². The Bertz CT molecular complexity index is 124. The van der Waals surface area contributed by atoms with Crippen molar-refractivity contribution in [3.05, 3.63) is 0 Å². The molecule has 66 valence electrons. The molecule has 0 aliphatic heterocycles. The summed E-state index contributed by atoms with van der Waals surface area (Å²) in [5, 5.41) is 0. The Labute approximate surface area is 99.5 Å². The molecular formula is C5H13NdO4P. The number of unbranched alkanes of at least 4 members (excludes halogenated alkanes) is 2. The van der Waals surface area contributed by atoms with Crippen LogP contribution < -0.4 is 0 Å². The van der Waals surface area contributed by atoms with E-state index in [1.54, 1.807) is 0 Å². The summed E-state index contributed by atoms with van der Waals surface area (Å²) in [6.07, 6.45) is 2.67. The number of phosphoric ester groups is 1. The summed E-state index contributed by atoms with van der Waals surface area (Å²) in [7, 11) is -4.21. The summed E-state index contributed by atoms with van der Waals surface area (Å²) < 4.78 is 14.3. The molecule has 0 aliphatic rings. The smallest absolute Gasteiger partial charge is 0.303 e. The first kappa shape index (κ1) is 15.0. The average Bonchev–Trinajstić information content (AvgIpc) is 1.78. The van der Waals surface area contributed by atoms with Crippen molar-refractivity contribution in [2.75, 3.05) is 6.61 Å². The third-order valence-electron chi connectivity index (χ3n) is 1.01. The third kappa shape index (κ3) is 14.3. The molecule has 0 saturated carbocycles. The van der Waals surface area contributed by atoms with Gasteiger partial charge in [0.1, 0.15) is 0 Å². The number of phosphoric acid groups is 1. The SMILES string of the molecule is CCCCCOP(=O)(O)O.[Nd]. The van der Waals surface area contributed by atoms with E-state index in [2.05, 4.69) is 4.52 Å². The van der Waals surface area contributed by atoms with Gasteiger partial charge in [-0.2, -0.15) is 0 Å². The first-order valence-corrected chi connectivity index (χ1v) is 4.79. The fourth-order valence-corrected chi connectivity index (χ4v) is 0.902. The maximum absolute atomic E-state index is 10.1. The number of rotatable bonds is 5. The van der Waals surface area contributed by atoms with Crippen molar-refractivity contribution >= 4 is 7.82 Å². The molecule has 0 aromatic rings. The van der Waals surface area contributed by atoms with Gasteiger partial charge in [0, 0.05) is 40.8 Å². The fraction of sp³-hybridized carbons (Fsp3) is 1.00. The van der Waals surface area contributed by atoms with Crippen molar-refractivity contribution in [3.8, 4) is 0 Å². The predicted molar refractivity (Wildman–Crippen MR) is 37.5 cm³/mol. The molecule has 0 aliphatic carbocycles. The van der Waals surface area contributed by atoms with Crippen LogP contribution in [0.15, 0.2) is 0 Å². The van der Waals surface area contributed by atoms with Crippen molar-refractivity contribution in [2.45, 2.75) is 26.2 Å². The van der Waals surface area contributed by atoms with E-state index in [-0.39, 0.29) is 47.4 Å². The van der Waals surface area contributed by atoms with Gasteiger partial charge in [-0.25, -0.2) is 4.57 Å². The van der Waals surface area contributed by atoms with Crippen LogP contribution in [0.25, 0.3) is 0 Å². The molecule has 0 atom stereocenters. The second-order valence-corrected chi connectivity index (χ2v) is 3.27. The molecule has 0 spiro atoms. The molecule has 0 rings (SSSR count). The van der Waals surface area contributed by atoms with Gasteiger partial charge in [0.05, 0.1) is 6.61 Å². The molecule has 11 heavy (non-hydrogen) atoms. The van der Waals surface area contributed by atoms with Crippen LogP contribution in [0, 0.1) is 40.8 Å². The first-order valence-electron chi connectivity index (χ1n) is 3.26. The Morgan fingerprint density at radius 3 is 2.27 bits per heavy atom. The van der Waals surface area contributed by atoms with E-state index in [0.29, 0.717) is 6.42 Å². The van der Waals surface area contributed by atoms with Gasteiger partial charge in [0.25, 0.3) is 0 Å². The Kier molecular flexibility index (Phi) is 11.0. The summed E-state index contributed by atoms with van der Waals surface area (Å²) in [5.74, 6) is 0.